The summed E-state index contributed by atoms with van der Waals surface area (Å²) in [6.45, 7) is -0.0279. The molecule has 0 saturated carbocycles. The van der Waals surface area contributed by atoms with Crippen LogP contribution in [0.15, 0.2) is 183 Å². The molecule has 0 atom stereocenters. The number of carbonyl (C=O) groups excluding carboxylic acids is 1. The Hall–Kier alpha value is -8.61. The summed E-state index contributed by atoms with van der Waals surface area (Å²) in [5, 5.41) is 11.1. The molecule has 0 spiro atoms. The average Bonchev–Trinajstić information content (AvgIpc) is 3.92. The summed E-state index contributed by atoms with van der Waals surface area (Å²) in [6, 6.07) is 49.9. The molecule has 0 amide bonds. The van der Waals surface area contributed by atoms with Gasteiger partial charge in [-0.05, 0) is 89.5 Å². The van der Waals surface area contributed by atoms with Gasteiger partial charge >= 0.3 is 0 Å². The van der Waals surface area contributed by atoms with Gasteiger partial charge in [0.15, 0.2) is 11.3 Å². The Bertz CT molecular complexity index is 3150. The van der Waals surface area contributed by atoms with E-state index in [1.54, 1.807) is 6.07 Å². The number of aliphatic hydroxyl groups excluding tert-OH is 1. The number of hydrogen-bond donors (Lipinski definition) is 3. The van der Waals surface area contributed by atoms with Crippen LogP contribution in [0.1, 0.15) is 15.9 Å². The van der Waals surface area contributed by atoms with Crippen molar-refractivity contribution in [2.45, 2.75) is 6.61 Å². The van der Waals surface area contributed by atoms with Crippen LogP contribution in [-0.2, 0) is 6.61 Å². The van der Waals surface area contributed by atoms with E-state index in [4.69, 9.17) is 20.9 Å². The minimum Gasteiger partial charge on any atom is -0.457 e. The number of anilines is 2. The second-order valence-corrected chi connectivity index (χ2v) is 14.2. The van der Waals surface area contributed by atoms with Crippen molar-refractivity contribution in [3.8, 4) is 56.6 Å². The first-order valence-corrected chi connectivity index (χ1v) is 19.6. The first-order chi connectivity index (χ1) is 30.4. The number of aromatic nitrogens is 6. The normalized spacial score (nSPS) is 10.9. The monoisotopic (exact) mass is 814 g/mol. The Balaban J connectivity index is 0.000000158. The van der Waals surface area contributed by atoms with Gasteiger partial charge in [-0.1, -0.05) is 84.9 Å². The number of nitrogen functional groups attached to an aromatic ring is 2. The van der Waals surface area contributed by atoms with Gasteiger partial charge in [-0.2, -0.15) is 0 Å². The van der Waals surface area contributed by atoms with E-state index in [-0.39, 0.29) is 6.61 Å². The molecule has 62 heavy (non-hydrogen) atoms. The first-order valence-electron chi connectivity index (χ1n) is 19.6. The number of carbonyl (C=O) groups is 1. The number of nitrogens with zero attached hydrogens (tertiary/aromatic N) is 6. The topological polar surface area (TPSA) is 169 Å². The van der Waals surface area contributed by atoms with Crippen molar-refractivity contribution in [3.63, 3.8) is 0 Å². The Kier molecular flexibility index (Phi) is 10.9. The van der Waals surface area contributed by atoms with Gasteiger partial charge in [-0.15, -0.1) is 0 Å². The number of hydrogen-bond acceptors (Lipinski definition) is 10. The van der Waals surface area contributed by atoms with E-state index in [0.29, 0.717) is 28.5 Å². The lowest BCUT2D eigenvalue weighted by atomic mass is 10.1. The minimum atomic E-state index is -0.0279. The molecule has 302 valence electrons. The average molecular weight is 815 g/mol. The molecule has 12 heteroatoms. The third-order valence-corrected chi connectivity index (χ3v) is 10.2. The van der Waals surface area contributed by atoms with Crippen LogP contribution in [-0.4, -0.2) is 40.5 Å². The van der Waals surface area contributed by atoms with Crippen molar-refractivity contribution in [1.29, 1.82) is 0 Å². The zero-order valence-corrected chi connectivity index (χ0v) is 33.1. The lowest BCUT2D eigenvalue weighted by Gasteiger charge is -2.07. The fourth-order valence-electron chi connectivity index (χ4n) is 7.21. The summed E-state index contributed by atoms with van der Waals surface area (Å²) in [7, 11) is 0. The summed E-state index contributed by atoms with van der Waals surface area (Å²) < 4.78 is 15.7. The van der Waals surface area contributed by atoms with Crippen LogP contribution in [0.5, 0.6) is 23.0 Å². The summed E-state index contributed by atoms with van der Waals surface area (Å²) in [6.07, 6.45) is 7.69. The Morgan fingerprint density at radius 3 is 1.44 bits per heavy atom. The van der Waals surface area contributed by atoms with Gasteiger partial charge in [0, 0.05) is 40.5 Å². The Morgan fingerprint density at radius 1 is 0.516 bits per heavy atom. The molecule has 4 heterocycles. The lowest BCUT2D eigenvalue weighted by Crippen LogP contribution is -1.97. The molecular formula is C50H38N8O4. The number of aldehydes is 1. The molecule has 0 aliphatic rings. The predicted octanol–water partition coefficient (Wildman–Crippen LogP) is 10.2. The second kappa shape index (κ2) is 17.3. The molecule has 0 aliphatic carbocycles. The largest absolute Gasteiger partial charge is 0.457 e. The summed E-state index contributed by atoms with van der Waals surface area (Å²) in [5.41, 5.74) is 20.7. The molecule has 4 aromatic heterocycles. The smallest absolute Gasteiger partial charge is 0.150 e. The lowest BCUT2D eigenvalue weighted by molar-refractivity contribution is 0.112. The van der Waals surface area contributed by atoms with E-state index in [1.807, 2.05) is 173 Å². The van der Waals surface area contributed by atoms with Gasteiger partial charge < -0.3 is 35.2 Å². The molecule has 0 fully saturated rings. The van der Waals surface area contributed by atoms with Crippen LogP contribution in [0.25, 0.3) is 55.7 Å². The highest BCUT2D eigenvalue weighted by molar-refractivity contribution is 6.02. The number of para-hydroxylation sites is 2. The fourth-order valence-corrected chi connectivity index (χ4v) is 7.21. The van der Waals surface area contributed by atoms with Crippen LogP contribution < -0.4 is 20.9 Å². The second-order valence-electron chi connectivity index (χ2n) is 14.2. The number of ether oxygens (including phenoxy) is 2. The Labute approximate surface area is 356 Å². The van der Waals surface area contributed by atoms with Crippen molar-refractivity contribution in [3.05, 3.63) is 194 Å². The molecule has 10 aromatic rings. The molecule has 10 rings (SSSR count). The van der Waals surface area contributed by atoms with E-state index in [1.165, 1.54) is 12.7 Å². The first kappa shape index (κ1) is 38.9. The summed E-state index contributed by atoms with van der Waals surface area (Å²) in [4.78, 5) is 28.5. The highest BCUT2D eigenvalue weighted by Crippen LogP contribution is 2.37. The number of nitrogens with two attached hydrogens (primary N) is 2. The summed E-state index contributed by atoms with van der Waals surface area (Å²) >= 11 is 0. The zero-order valence-electron chi connectivity index (χ0n) is 33.1. The van der Waals surface area contributed by atoms with Crippen molar-refractivity contribution in [1.82, 2.24) is 29.1 Å². The van der Waals surface area contributed by atoms with Gasteiger partial charge in [-0.25, -0.2) is 19.9 Å². The zero-order chi connectivity index (χ0) is 42.4. The molecule has 0 aliphatic heterocycles. The van der Waals surface area contributed by atoms with E-state index in [9.17, 15) is 9.90 Å². The highest BCUT2D eigenvalue weighted by atomic mass is 16.5. The minimum absolute atomic E-state index is 0.0279. The van der Waals surface area contributed by atoms with Gasteiger partial charge in [0.1, 0.15) is 53.6 Å². The van der Waals surface area contributed by atoms with E-state index in [0.717, 1.165) is 79.2 Å². The third-order valence-electron chi connectivity index (χ3n) is 10.2. The highest BCUT2D eigenvalue weighted by Gasteiger charge is 2.18. The van der Waals surface area contributed by atoms with Crippen molar-refractivity contribution in [2.75, 3.05) is 11.5 Å². The van der Waals surface area contributed by atoms with Gasteiger partial charge in [0.2, 0.25) is 0 Å². The molecule has 5 N–H and O–H groups in total. The third kappa shape index (κ3) is 8.04. The van der Waals surface area contributed by atoms with Crippen LogP contribution >= 0.6 is 0 Å². The van der Waals surface area contributed by atoms with E-state index < -0.39 is 0 Å². The van der Waals surface area contributed by atoms with E-state index >= 15 is 0 Å². The molecule has 12 nitrogen and oxygen atoms in total. The molecule has 0 unspecified atom stereocenters. The molecule has 6 aromatic carbocycles. The summed E-state index contributed by atoms with van der Waals surface area (Å²) in [5.74, 6) is 3.87. The van der Waals surface area contributed by atoms with Gasteiger partial charge in [-0.3, -0.25) is 4.79 Å². The molecular weight excluding hydrogens is 777 g/mol. The Morgan fingerprint density at radius 2 is 0.968 bits per heavy atom. The van der Waals surface area contributed by atoms with Crippen molar-refractivity contribution >= 4 is 40.0 Å². The van der Waals surface area contributed by atoms with Crippen LogP contribution in [0.3, 0.4) is 0 Å². The van der Waals surface area contributed by atoms with Crippen molar-refractivity contribution < 1.29 is 19.4 Å². The van der Waals surface area contributed by atoms with Crippen LogP contribution in [0, 0.1) is 0 Å². The quantitative estimate of drug-likeness (QED) is 0.113. The predicted molar refractivity (Wildman–Crippen MR) is 242 cm³/mol. The molecule has 0 radical (unpaired) electrons. The van der Waals surface area contributed by atoms with Gasteiger partial charge in [0.05, 0.1) is 17.4 Å². The number of aliphatic hydroxyl groups is 1. The number of fused-ring (bicyclic) bond motifs is 2. The SMILES string of the molecule is Nc1ncnc2c1c(-c1ccc(Oc3ccccc3)cc1)cn2-c1cccc(C=O)c1.Nc1ncnc2c1c(-c1ccc(Oc3ccccc3)cc1)cn2-c1cccc(CO)c1. The number of rotatable bonds is 10. The van der Waals surface area contributed by atoms with Crippen LogP contribution in [0.4, 0.5) is 11.6 Å². The molecule has 0 bridgehead atoms. The van der Waals surface area contributed by atoms with E-state index in [2.05, 4.69) is 19.9 Å². The van der Waals surface area contributed by atoms with Gasteiger partial charge in [0.25, 0.3) is 0 Å². The maximum atomic E-state index is 11.2. The maximum Gasteiger partial charge on any atom is 0.150 e. The van der Waals surface area contributed by atoms with Crippen LogP contribution in [0.2, 0.25) is 0 Å². The fraction of sp³-hybridized carbons (Fsp3) is 0.0200. The number of benzene rings is 6. The standard InChI is InChI=1S/C25H20N4O2.C25H18N4O2/c2*26-24-23-22(18-9-11-21(12-10-18)31-20-7-2-1-3-8-20)14-29(25(23)28-16-27-24)19-6-4-5-17(13-19)15-30/h1-14,16,30H,15H2,(H2,26,27,28);1-16H,(H2,26,27,28). The maximum absolute atomic E-state index is 11.2. The molecule has 0 saturated heterocycles. The van der Waals surface area contributed by atoms with Crippen molar-refractivity contribution in [2.24, 2.45) is 0 Å².